The number of hydrogen-bond donors (Lipinski definition) is 0. The third kappa shape index (κ3) is 1.78. The van der Waals surface area contributed by atoms with Gasteiger partial charge in [0.2, 0.25) is 0 Å². The second-order valence-electron chi connectivity index (χ2n) is 4.28. The van der Waals surface area contributed by atoms with E-state index in [0.717, 1.165) is 6.61 Å². The van der Waals surface area contributed by atoms with Crippen LogP contribution in [0.3, 0.4) is 0 Å². The number of ether oxygens (including phenoxy) is 1. The second kappa shape index (κ2) is 4.31. The average molecular weight is 194 g/mol. The molecule has 1 aliphatic rings. The van der Waals surface area contributed by atoms with E-state index >= 15 is 0 Å². The predicted molar refractivity (Wildman–Crippen MR) is 61.3 cm³/mol. The maximum atomic E-state index is 5.80. The summed E-state index contributed by atoms with van der Waals surface area (Å²) in [6, 6.07) is 0. The summed E-state index contributed by atoms with van der Waals surface area (Å²) < 4.78 is 5.80. The third-order valence-corrected chi connectivity index (χ3v) is 3.66. The molecule has 0 saturated heterocycles. The highest BCUT2D eigenvalue weighted by atomic mass is 16.5. The van der Waals surface area contributed by atoms with Gasteiger partial charge < -0.3 is 4.74 Å². The van der Waals surface area contributed by atoms with Crippen molar-refractivity contribution >= 4 is 0 Å². The lowest BCUT2D eigenvalue weighted by atomic mass is 9.79. The van der Waals surface area contributed by atoms with Crippen LogP contribution in [-0.2, 0) is 4.74 Å². The first-order chi connectivity index (χ1) is 6.50. The number of hydrogen-bond acceptors (Lipinski definition) is 1. The van der Waals surface area contributed by atoms with Gasteiger partial charge >= 0.3 is 0 Å². The minimum atomic E-state index is 0.295. The standard InChI is InChI=1S/C13H22O/c1-7-14-13-11(5)9(3)8(2)10(4)12(13)6/h11,13H,7H2,1-6H3. The summed E-state index contributed by atoms with van der Waals surface area (Å²) >= 11 is 0. The molecule has 0 spiro atoms. The average Bonchev–Trinajstić information content (AvgIpc) is 2.19. The van der Waals surface area contributed by atoms with Crippen LogP contribution in [-0.4, -0.2) is 12.7 Å². The van der Waals surface area contributed by atoms with Gasteiger partial charge in [0, 0.05) is 12.5 Å². The fourth-order valence-corrected chi connectivity index (χ4v) is 2.20. The predicted octanol–water partition coefficient (Wildman–Crippen LogP) is 3.71. The Morgan fingerprint density at radius 1 is 1.00 bits per heavy atom. The minimum Gasteiger partial charge on any atom is -0.374 e. The Bertz CT molecular complexity index is 284. The Morgan fingerprint density at radius 2 is 1.50 bits per heavy atom. The lowest BCUT2D eigenvalue weighted by Gasteiger charge is -2.33. The van der Waals surface area contributed by atoms with Crippen molar-refractivity contribution in [3.05, 3.63) is 22.3 Å². The molecule has 0 aromatic heterocycles. The summed E-state index contributed by atoms with van der Waals surface area (Å²) in [6.07, 6.45) is 0.295. The largest absolute Gasteiger partial charge is 0.374 e. The molecule has 0 amide bonds. The number of rotatable bonds is 2. The molecule has 80 valence electrons. The zero-order valence-corrected chi connectivity index (χ0v) is 10.3. The Kier molecular flexibility index (Phi) is 3.54. The molecule has 0 N–H and O–H groups in total. The molecule has 1 rings (SSSR count). The molecule has 0 saturated carbocycles. The highest BCUT2D eigenvalue weighted by molar-refractivity contribution is 5.42. The fourth-order valence-electron chi connectivity index (χ4n) is 2.20. The molecule has 14 heavy (non-hydrogen) atoms. The van der Waals surface area contributed by atoms with E-state index in [9.17, 15) is 0 Å². The Morgan fingerprint density at radius 3 is 2.00 bits per heavy atom. The molecule has 0 aromatic rings. The molecule has 0 bridgehead atoms. The van der Waals surface area contributed by atoms with Gasteiger partial charge in [-0.1, -0.05) is 12.5 Å². The summed E-state index contributed by atoms with van der Waals surface area (Å²) in [5.74, 6) is 0.527. The Labute approximate surface area is 87.8 Å². The van der Waals surface area contributed by atoms with Crippen LogP contribution in [0.25, 0.3) is 0 Å². The molecular formula is C13H22O. The monoisotopic (exact) mass is 194 g/mol. The molecule has 0 aliphatic heterocycles. The lowest BCUT2D eigenvalue weighted by Crippen LogP contribution is -2.28. The third-order valence-electron chi connectivity index (χ3n) is 3.66. The van der Waals surface area contributed by atoms with E-state index in [-0.39, 0.29) is 0 Å². The molecule has 0 radical (unpaired) electrons. The Hall–Kier alpha value is -0.560. The first-order valence-electron chi connectivity index (χ1n) is 5.47. The second-order valence-corrected chi connectivity index (χ2v) is 4.28. The SMILES string of the molecule is CCOC1C(C)=C(C)C(C)=C(C)C1C. The van der Waals surface area contributed by atoms with E-state index in [1.165, 1.54) is 22.3 Å². The fraction of sp³-hybridized carbons (Fsp3) is 0.692. The number of allylic oxidation sites excluding steroid dienone is 2. The molecule has 1 heteroatoms. The molecule has 2 atom stereocenters. The molecule has 1 aliphatic carbocycles. The van der Waals surface area contributed by atoms with Gasteiger partial charge in [-0.05, 0) is 51.3 Å². The van der Waals surface area contributed by atoms with E-state index in [4.69, 9.17) is 4.74 Å². The van der Waals surface area contributed by atoms with Gasteiger partial charge in [0.1, 0.15) is 0 Å². The van der Waals surface area contributed by atoms with Gasteiger partial charge in [-0.15, -0.1) is 0 Å². The van der Waals surface area contributed by atoms with Gasteiger partial charge in [0.05, 0.1) is 6.10 Å². The van der Waals surface area contributed by atoms with Crippen LogP contribution >= 0.6 is 0 Å². The van der Waals surface area contributed by atoms with E-state index < -0.39 is 0 Å². The molecule has 1 nitrogen and oxygen atoms in total. The highest BCUT2D eigenvalue weighted by Gasteiger charge is 2.27. The quantitative estimate of drug-likeness (QED) is 0.651. The lowest BCUT2D eigenvalue weighted by molar-refractivity contribution is 0.0588. The van der Waals surface area contributed by atoms with Crippen LogP contribution in [0.4, 0.5) is 0 Å². The van der Waals surface area contributed by atoms with Gasteiger partial charge in [0.25, 0.3) is 0 Å². The summed E-state index contributed by atoms with van der Waals surface area (Å²) in [5.41, 5.74) is 5.75. The first kappa shape index (κ1) is 11.5. The van der Waals surface area contributed by atoms with Crippen molar-refractivity contribution in [1.82, 2.24) is 0 Å². The molecule has 0 heterocycles. The van der Waals surface area contributed by atoms with Crippen molar-refractivity contribution in [2.45, 2.75) is 47.6 Å². The maximum absolute atomic E-state index is 5.80. The van der Waals surface area contributed by atoms with Crippen LogP contribution in [0.5, 0.6) is 0 Å². The van der Waals surface area contributed by atoms with Crippen molar-refractivity contribution in [3.8, 4) is 0 Å². The van der Waals surface area contributed by atoms with Crippen molar-refractivity contribution in [1.29, 1.82) is 0 Å². The minimum absolute atomic E-state index is 0.295. The van der Waals surface area contributed by atoms with E-state index in [0.29, 0.717) is 12.0 Å². The first-order valence-corrected chi connectivity index (χ1v) is 5.47. The summed E-state index contributed by atoms with van der Waals surface area (Å²) in [5, 5.41) is 0. The van der Waals surface area contributed by atoms with Crippen molar-refractivity contribution in [2.24, 2.45) is 5.92 Å². The van der Waals surface area contributed by atoms with Crippen LogP contribution < -0.4 is 0 Å². The van der Waals surface area contributed by atoms with Crippen LogP contribution in [0.2, 0.25) is 0 Å². The molecule has 0 aromatic carbocycles. The highest BCUT2D eigenvalue weighted by Crippen LogP contribution is 2.35. The summed E-state index contributed by atoms with van der Waals surface area (Å²) in [4.78, 5) is 0. The smallest absolute Gasteiger partial charge is 0.0850 e. The maximum Gasteiger partial charge on any atom is 0.0850 e. The zero-order valence-electron chi connectivity index (χ0n) is 10.3. The van der Waals surface area contributed by atoms with Crippen LogP contribution in [0.1, 0.15) is 41.5 Å². The topological polar surface area (TPSA) is 9.23 Å². The van der Waals surface area contributed by atoms with Crippen LogP contribution in [0.15, 0.2) is 22.3 Å². The van der Waals surface area contributed by atoms with Gasteiger partial charge in [-0.25, -0.2) is 0 Å². The molecule has 0 fully saturated rings. The van der Waals surface area contributed by atoms with Gasteiger partial charge in [0.15, 0.2) is 0 Å². The normalized spacial score (nSPS) is 28.7. The van der Waals surface area contributed by atoms with Crippen molar-refractivity contribution in [3.63, 3.8) is 0 Å². The van der Waals surface area contributed by atoms with E-state index in [2.05, 4.69) is 41.5 Å². The van der Waals surface area contributed by atoms with Crippen LogP contribution in [0, 0.1) is 5.92 Å². The Balaban J connectivity index is 3.05. The summed E-state index contributed by atoms with van der Waals surface area (Å²) in [7, 11) is 0. The van der Waals surface area contributed by atoms with Crippen molar-refractivity contribution < 1.29 is 4.74 Å². The summed E-state index contributed by atoms with van der Waals surface area (Å²) in [6.45, 7) is 14.0. The molecular weight excluding hydrogens is 172 g/mol. The van der Waals surface area contributed by atoms with Gasteiger partial charge in [-0.2, -0.15) is 0 Å². The molecule has 2 unspecified atom stereocenters. The van der Waals surface area contributed by atoms with Crippen molar-refractivity contribution in [2.75, 3.05) is 6.61 Å². The zero-order chi connectivity index (χ0) is 10.9. The van der Waals surface area contributed by atoms with E-state index in [1.54, 1.807) is 0 Å². The van der Waals surface area contributed by atoms with Gasteiger partial charge in [-0.3, -0.25) is 0 Å². The van der Waals surface area contributed by atoms with E-state index in [1.807, 2.05) is 0 Å².